The Morgan fingerprint density at radius 3 is 2.61 bits per heavy atom. The zero-order valence-corrected chi connectivity index (χ0v) is 18.4. The Hall–Kier alpha value is -2.73. The Bertz CT molecular complexity index is 878. The highest BCUT2D eigenvalue weighted by molar-refractivity contribution is 5.79. The number of methoxy groups -OCH3 is 1. The molecule has 2 aromatic carbocycles. The van der Waals surface area contributed by atoms with E-state index in [1.165, 1.54) is 18.4 Å². The predicted molar refractivity (Wildman–Crippen MR) is 120 cm³/mol. The lowest BCUT2D eigenvalue weighted by Crippen LogP contribution is -2.42. The van der Waals surface area contributed by atoms with Crippen molar-refractivity contribution in [2.45, 2.75) is 32.2 Å². The zero-order chi connectivity index (χ0) is 21.6. The van der Waals surface area contributed by atoms with Gasteiger partial charge in [-0.05, 0) is 80.7 Å². The molecule has 6 nitrogen and oxygen atoms in total. The second-order valence-corrected chi connectivity index (χ2v) is 8.19. The summed E-state index contributed by atoms with van der Waals surface area (Å²) in [5.41, 5.74) is 2.23. The second-order valence-electron chi connectivity index (χ2n) is 8.19. The summed E-state index contributed by atoms with van der Waals surface area (Å²) in [5.74, 6) is 2.36. The van der Waals surface area contributed by atoms with Crippen LogP contribution < -0.4 is 19.5 Å². The van der Waals surface area contributed by atoms with Crippen LogP contribution in [-0.4, -0.2) is 50.8 Å². The van der Waals surface area contributed by atoms with Gasteiger partial charge < -0.3 is 19.5 Å². The summed E-state index contributed by atoms with van der Waals surface area (Å²) in [6.45, 7) is 5.70. The minimum atomic E-state index is -0.195. The first-order valence-corrected chi connectivity index (χ1v) is 11.2. The first kappa shape index (κ1) is 21.5. The molecule has 0 aliphatic carbocycles. The molecule has 0 radical (unpaired) electrons. The summed E-state index contributed by atoms with van der Waals surface area (Å²) >= 11 is 0. The van der Waals surface area contributed by atoms with Crippen LogP contribution in [0.2, 0.25) is 0 Å². The van der Waals surface area contributed by atoms with E-state index in [9.17, 15) is 4.79 Å². The summed E-state index contributed by atoms with van der Waals surface area (Å²) in [7, 11) is 1.68. The summed E-state index contributed by atoms with van der Waals surface area (Å²) < 4.78 is 16.8. The monoisotopic (exact) mass is 424 g/mol. The van der Waals surface area contributed by atoms with E-state index < -0.39 is 0 Å². The Balaban J connectivity index is 1.41. The third-order valence-electron chi connectivity index (χ3n) is 6.17. The third-order valence-corrected chi connectivity index (χ3v) is 6.17. The molecule has 1 N–H and O–H groups in total. The minimum absolute atomic E-state index is 0.0465. The number of fused-ring (bicyclic) bond motifs is 1. The van der Waals surface area contributed by atoms with E-state index in [1.807, 2.05) is 37.3 Å². The number of amides is 1. The standard InChI is InChI=1S/C25H32N2O4/c1-3-30-22-10-11-24-19(15-22)14-20(17-31-24)25(28)26-16-23(27-12-4-5-13-27)18-6-8-21(29-2)9-7-18/h6-11,15,20,23H,3-5,12-14,16-17H2,1-2H3,(H,26,28). The summed E-state index contributed by atoms with van der Waals surface area (Å²) in [5, 5.41) is 3.20. The fourth-order valence-corrected chi connectivity index (χ4v) is 4.47. The lowest BCUT2D eigenvalue weighted by molar-refractivity contribution is -0.126. The van der Waals surface area contributed by atoms with E-state index in [0.29, 0.717) is 26.2 Å². The molecule has 2 aliphatic rings. The number of rotatable bonds is 8. The van der Waals surface area contributed by atoms with Crippen molar-refractivity contribution >= 4 is 5.91 Å². The maximum atomic E-state index is 13.0. The number of benzene rings is 2. The molecule has 1 saturated heterocycles. The highest BCUT2D eigenvalue weighted by atomic mass is 16.5. The van der Waals surface area contributed by atoms with Crippen molar-refractivity contribution < 1.29 is 19.0 Å². The zero-order valence-electron chi connectivity index (χ0n) is 18.4. The van der Waals surface area contributed by atoms with Gasteiger partial charge in [-0.15, -0.1) is 0 Å². The molecule has 31 heavy (non-hydrogen) atoms. The third kappa shape index (κ3) is 5.13. The fourth-order valence-electron chi connectivity index (χ4n) is 4.47. The number of carbonyl (C=O) groups is 1. The number of ether oxygens (including phenoxy) is 3. The Kier molecular flexibility index (Phi) is 6.97. The molecule has 1 amide bonds. The van der Waals surface area contributed by atoms with Crippen molar-refractivity contribution in [2.75, 3.05) is 40.0 Å². The molecule has 166 valence electrons. The summed E-state index contributed by atoms with van der Waals surface area (Å²) in [4.78, 5) is 15.5. The average Bonchev–Trinajstić information content (AvgIpc) is 3.34. The van der Waals surface area contributed by atoms with Crippen LogP contribution in [0.4, 0.5) is 0 Å². The average molecular weight is 425 g/mol. The van der Waals surface area contributed by atoms with Gasteiger partial charge >= 0.3 is 0 Å². The van der Waals surface area contributed by atoms with Crippen molar-refractivity contribution in [1.29, 1.82) is 0 Å². The lowest BCUT2D eigenvalue weighted by Gasteiger charge is -2.30. The van der Waals surface area contributed by atoms with Crippen LogP contribution >= 0.6 is 0 Å². The SMILES string of the molecule is CCOc1ccc2c(c1)CC(C(=O)NCC(c1ccc(OC)cc1)N1CCCC1)CO2. The smallest absolute Gasteiger partial charge is 0.226 e. The number of carbonyl (C=O) groups excluding carboxylic acids is 1. The van der Waals surface area contributed by atoms with Crippen molar-refractivity contribution in [1.82, 2.24) is 10.2 Å². The maximum absolute atomic E-state index is 13.0. The number of likely N-dealkylation sites (tertiary alicyclic amines) is 1. The number of hydrogen-bond acceptors (Lipinski definition) is 5. The summed E-state index contributed by atoms with van der Waals surface area (Å²) in [6.07, 6.45) is 3.07. The minimum Gasteiger partial charge on any atom is -0.497 e. The van der Waals surface area contributed by atoms with Crippen LogP contribution in [0, 0.1) is 5.92 Å². The van der Waals surface area contributed by atoms with Gasteiger partial charge in [0.05, 0.1) is 25.7 Å². The molecule has 0 saturated carbocycles. The van der Waals surface area contributed by atoms with Crippen LogP contribution in [0.25, 0.3) is 0 Å². The van der Waals surface area contributed by atoms with Crippen molar-refractivity contribution in [3.63, 3.8) is 0 Å². The molecule has 1 fully saturated rings. The summed E-state index contributed by atoms with van der Waals surface area (Å²) in [6, 6.07) is 14.2. The molecule has 2 unspecified atom stereocenters. The number of nitrogens with one attached hydrogen (secondary N) is 1. The van der Waals surface area contributed by atoms with Crippen LogP contribution in [-0.2, 0) is 11.2 Å². The Morgan fingerprint density at radius 1 is 1.16 bits per heavy atom. The van der Waals surface area contributed by atoms with Gasteiger partial charge in [0.15, 0.2) is 0 Å². The van der Waals surface area contributed by atoms with E-state index in [1.54, 1.807) is 7.11 Å². The second kappa shape index (κ2) is 10.1. The number of hydrogen-bond donors (Lipinski definition) is 1. The highest BCUT2D eigenvalue weighted by Gasteiger charge is 2.29. The topological polar surface area (TPSA) is 60.0 Å². The van der Waals surface area contributed by atoms with E-state index in [2.05, 4.69) is 22.3 Å². The van der Waals surface area contributed by atoms with Gasteiger partial charge in [-0.2, -0.15) is 0 Å². The quantitative estimate of drug-likeness (QED) is 0.702. The molecule has 0 aromatic heterocycles. The van der Waals surface area contributed by atoms with Gasteiger partial charge in [0.1, 0.15) is 23.9 Å². The fraction of sp³-hybridized carbons (Fsp3) is 0.480. The molecule has 2 atom stereocenters. The molecule has 2 aliphatic heterocycles. The first-order chi connectivity index (χ1) is 15.2. The van der Waals surface area contributed by atoms with Crippen LogP contribution in [0.5, 0.6) is 17.2 Å². The van der Waals surface area contributed by atoms with Crippen molar-refractivity contribution in [3.05, 3.63) is 53.6 Å². The van der Waals surface area contributed by atoms with Gasteiger partial charge in [-0.3, -0.25) is 9.69 Å². The first-order valence-electron chi connectivity index (χ1n) is 11.2. The lowest BCUT2D eigenvalue weighted by atomic mass is 9.95. The molecular weight excluding hydrogens is 392 g/mol. The Labute approximate surface area is 184 Å². The number of nitrogens with zero attached hydrogens (tertiary/aromatic N) is 1. The molecule has 4 rings (SSSR count). The van der Waals surface area contributed by atoms with Crippen LogP contribution in [0.3, 0.4) is 0 Å². The largest absolute Gasteiger partial charge is 0.497 e. The molecule has 2 aromatic rings. The van der Waals surface area contributed by atoms with Gasteiger partial charge in [0, 0.05) is 6.54 Å². The van der Waals surface area contributed by atoms with Crippen molar-refractivity contribution in [2.24, 2.45) is 5.92 Å². The van der Waals surface area contributed by atoms with E-state index in [0.717, 1.165) is 35.9 Å². The van der Waals surface area contributed by atoms with E-state index >= 15 is 0 Å². The predicted octanol–water partition coefficient (Wildman–Crippen LogP) is 3.60. The van der Waals surface area contributed by atoms with Gasteiger partial charge in [0.2, 0.25) is 5.91 Å². The normalized spacial score (nSPS) is 19.2. The van der Waals surface area contributed by atoms with Gasteiger partial charge in [0.25, 0.3) is 0 Å². The molecule has 0 spiro atoms. The maximum Gasteiger partial charge on any atom is 0.226 e. The van der Waals surface area contributed by atoms with Crippen molar-refractivity contribution in [3.8, 4) is 17.2 Å². The van der Waals surface area contributed by atoms with Gasteiger partial charge in [-0.1, -0.05) is 12.1 Å². The highest BCUT2D eigenvalue weighted by Crippen LogP contribution is 2.31. The van der Waals surface area contributed by atoms with Crippen LogP contribution in [0.15, 0.2) is 42.5 Å². The van der Waals surface area contributed by atoms with Gasteiger partial charge in [-0.25, -0.2) is 0 Å². The van der Waals surface area contributed by atoms with E-state index in [-0.39, 0.29) is 17.9 Å². The molecular formula is C25H32N2O4. The Morgan fingerprint density at radius 2 is 1.90 bits per heavy atom. The molecule has 6 heteroatoms. The van der Waals surface area contributed by atoms with E-state index in [4.69, 9.17) is 14.2 Å². The molecule has 0 bridgehead atoms. The molecule has 2 heterocycles. The van der Waals surface area contributed by atoms with Crippen LogP contribution in [0.1, 0.15) is 36.9 Å².